The summed E-state index contributed by atoms with van der Waals surface area (Å²) < 4.78 is 24.7. The van der Waals surface area contributed by atoms with Gasteiger partial charge in [-0.05, 0) is 55.7 Å². The van der Waals surface area contributed by atoms with Crippen LogP contribution in [0.25, 0.3) is 0 Å². The fourth-order valence-corrected chi connectivity index (χ4v) is 3.45. The average molecular weight is 523 g/mol. The Morgan fingerprint density at radius 1 is 1.31 bits per heavy atom. The molecule has 29 heavy (non-hydrogen) atoms. The molecule has 1 atom stereocenters. The molecular weight excluding hydrogens is 488 g/mol. The van der Waals surface area contributed by atoms with Crippen molar-refractivity contribution in [2.75, 3.05) is 33.0 Å². The Labute approximate surface area is 190 Å². The quantitative estimate of drug-likeness (QED) is 0.249. The number of ether oxygens (including phenoxy) is 2. The molecule has 1 heterocycles. The highest BCUT2D eigenvalue weighted by Crippen LogP contribution is 2.29. The van der Waals surface area contributed by atoms with Crippen LogP contribution in [0.4, 0.5) is 4.39 Å². The number of hydrogen-bond acceptors (Lipinski definition) is 4. The van der Waals surface area contributed by atoms with E-state index in [1.165, 1.54) is 12.1 Å². The molecule has 0 aliphatic carbocycles. The van der Waals surface area contributed by atoms with Crippen LogP contribution in [0.2, 0.25) is 0 Å². The fourth-order valence-electron chi connectivity index (χ4n) is 3.45. The van der Waals surface area contributed by atoms with Crippen LogP contribution in [0, 0.1) is 17.7 Å². The van der Waals surface area contributed by atoms with Crippen molar-refractivity contribution in [3.63, 3.8) is 0 Å². The Morgan fingerprint density at radius 3 is 2.79 bits per heavy atom. The van der Waals surface area contributed by atoms with Gasteiger partial charge in [-0.3, -0.25) is 4.99 Å². The molecule has 166 valence electrons. The molecule has 1 unspecified atom stereocenters. The van der Waals surface area contributed by atoms with E-state index < -0.39 is 0 Å². The lowest BCUT2D eigenvalue weighted by Gasteiger charge is -2.21. The molecule has 0 spiro atoms. The number of benzene rings is 1. The standard InChI is InChI=1S/C21H34FN3O3.HI/c1-4-23-21(25-12-16(6-8-26)9-15(2)3)24-7-5-17-10-19(22)11-18-13-27-14-28-20(17)18;/h10-11,15-16,26H,4-9,12-14H2,1-3H3,(H2,23,24,25);1H. The number of aliphatic hydroxyl groups is 1. The van der Waals surface area contributed by atoms with E-state index in [-0.39, 0.29) is 43.2 Å². The molecule has 1 aromatic rings. The van der Waals surface area contributed by atoms with Gasteiger partial charge in [-0.15, -0.1) is 24.0 Å². The Morgan fingerprint density at radius 2 is 2.10 bits per heavy atom. The lowest BCUT2D eigenvalue weighted by atomic mass is 9.94. The van der Waals surface area contributed by atoms with Gasteiger partial charge in [0.05, 0.1) is 6.61 Å². The van der Waals surface area contributed by atoms with Crippen molar-refractivity contribution in [3.8, 4) is 5.75 Å². The van der Waals surface area contributed by atoms with Crippen LogP contribution in [0.5, 0.6) is 5.75 Å². The van der Waals surface area contributed by atoms with Crippen LogP contribution in [-0.2, 0) is 17.8 Å². The SMILES string of the molecule is CCNC(=NCC(CCO)CC(C)C)NCCc1cc(F)cc2c1OCOC2.I. The van der Waals surface area contributed by atoms with Gasteiger partial charge in [0.25, 0.3) is 0 Å². The highest BCUT2D eigenvalue weighted by Gasteiger charge is 2.17. The lowest BCUT2D eigenvalue weighted by Crippen LogP contribution is -2.38. The van der Waals surface area contributed by atoms with Gasteiger partial charge in [-0.25, -0.2) is 4.39 Å². The van der Waals surface area contributed by atoms with E-state index in [4.69, 9.17) is 9.47 Å². The van der Waals surface area contributed by atoms with Gasteiger partial charge in [0.1, 0.15) is 11.6 Å². The molecule has 0 saturated heterocycles. The van der Waals surface area contributed by atoms with Gasteiger partial charge < -0.3 is 25.2 Å². The fraction of sp³-hybridized carbons (Fsp3) is 0.667. The summed E-state index contributed by atoms with van der Waals surface area (Å²) in [6.45, 7) is 9.19. The molecule has 3 N–H and O–H groups in total. The summed E-state index contributed by atoms with van der Waals surface area (Å²) in [4.78, 5) is 4.68. The zero-order valence-electron chi connectivity index (χ0n) is 17.7. The van der Waals surface area contributed by atoms with Crippen LogP contribution < -0.4 is 15.4 Å². The molecule has 0 saturated carbocycles. The molecule has 6 nitrogen and oxygen atoms in total. The predicted molar refractivity (Wildman–Crippen MR) is 124 cm³/mol. The minimum Gasteiger partial charge on any atom is -0.467 e. The van der Waals surface area contributed by atoms with Gasteiger partial charge in [0.15, 0.2) is 12.8 Å². The van der Waals surface area contributed by atoms with Gasteiger partial charge in [0, 0.05) is 31.8 Å². The second-order valence-corrected chi connectivity index (χ2v) is 7.57. The maximum atomic E-state index is 13.9. The highest BCUT2D eigenvalue weighted by molar-refractivity contribution is 14.0. The smallest absolute Gasteiger partial charge is 0.191 e. The molecule has 1 aliphatic heterocycles. The van der Waals surface area contributed by atoms with Crippen LogP contribution in [0.3, 0.4) is 0 Å². The molecular formula is C21H35FIN3O3. The highest BCUT2D eigenvalue weighted by atomic mass is 127. The third-order valence-corrected chi connectivity index (χ3v) is 4.63. The number of nitrogens with zero attached hydrogens (tertiary/aromatic N) is 1. The number of guanidine groups is 1. The normalized spacial score (nSPS) is 14.6. The molecule has 0 bridgehead atoms. The van der Waals surface area contributed by atoms with Crippen LogP contribution in [0.1, 0.15) is 44.7 Å². The van der Waals surface area contributed by atoms with E-state index in [2.05, 4.69) is 29.5 Å². The first-order chi connectivity index (χ1) is 13.5. The molecule has 0 amide bonds. The van der Waals surface area contributed by atoms with Gasteiger partial charge in [-0.2, -0.15) is 0 Å². The Kier molecular flexibility index (Phi) is 12.5. The van der Waals surface area contributed by atoms with Crippen molar-refractivity contribution in [1.29, 1.82) is 0 Å². The predicted octanol–water partition coefficient (Wildman–Crippen LogP) is 3.45. The second kappa shape index (κ2) is 14.0. The minimum absolute atomic E-state index is 0. The molecule has 0 aromatic heterocycles. The van der Waals surface area contributed by atoms with Crippen molar-refractivity contribution < 1.29 is 19.0 Å². The minimum atomic E-state index is -0.274. The van der Waals surface area contributed by atoms with E-state index in [0.29, 0.717) is 38.0 Å². The monoisotopic (exact) mass is 523 g/mol. The van der Waals surface area contributed by atoms with Crippen molar-refractivity contribution in [3.05, 3.63) is 29.1 Å². The van der Waals surface area contributed by atoms with Crippen molar-refractivity contribution >= 4 is 29.9 Å². The summed E-state index contributed by atoms with van der Waals surface area (Å²) >= 11 is 0. The van der Waals surface area contributed by atoms with Gasteiger partial charge >= 0.3 is 0 Å². The first-order valence-electron chi connectivity index (χ1n) is 10.2. The molecule has 1 aromatic carbocycles. The number of nitrogens with one attached hydrogen (secondary N) is 2. The summed E-state index contributed by atoms with van der Waals surface area (Å²) in [5, 5.41) is 15.8. The van der Waals surface area contributed by atoms with E-state index in [1.807, 2.05) is 6.92 Å². The van der Waals surface area contributed by atoms with E-state index >= 15 is 0 Å². The number of halogens is 2. The first-order valence-corrected chi connectivity index (χ1v) is 10.2. The number of fused-ring (bicyclic) bond motifs is 1. The van der Waals surface area contributed by atoms with E-state index in [1.54, 1.807) is 0 Å². The summed E-state index contributed by atoms with van der Waals surface area (Å²) in [5.41, 5.74) is 1.59. The number of hydrogen-bond donors (Lipinski definition) is 3. The maximum absolute atomic E-state index is 13.9. The maximum Gasteiger partial charge on any atom is 0.191 e. The second-order valence-electron chi connectivity index (χ2n) is 7.57. The Balaban J connectivity index is 0.00000420. The largest absolute Gasteiger partial charge is 0.467 e. The van der Waals surface area contributed by atoms with Gasteiger partial charge in [0.2, 0.25) is 0 Å². The lowest BCUT2D eigenvalue weighted by molar-refractivity contribution is -0.0172. The molecule has 1 aliphatic rings. The Bertz CT molecular complexity index is 644. The van der Waals surface area contributed by atoms with Crippen LogP contribution in [0.15, 0.2) is 17.1 Å². The zero-order valence-corrected chi connectivity index (χ0v) is 20.0. The summed E-state index contributed by atoms with van der Waals surface area (Å²) in [7, 11) is 0. The average Bonchev–Trinajstić information content (AvgIpc) is 2.65. The molecule has 0 fully saturated rings. The van der Waals surface area contributed by atoms with E-state index in [9.17, 15) is 9.50 Å². The zero-order chi connectivity index (χ0) is 20.4. The van der Waals surface area contributed by atoms with Crippen molar-refractivity contribution in [1.82, 2.24) is 10.6 Å². The number of aliphatic imine (C=N–C) groups is 1. The molecule has 0 radical (unpaired) electrons. The molecule has 8 heteroatoms. The summed E-state index contributed by atoms with van der Waals surface area (Å²) in [6.07, 6.45) is 2.42. The third kappa shape index (κ3) is 9.04. The van der Waals surface area contributed by atoms with E-state index in [0.717, 1.165) is 42.2 Å². The molecule has 2 rings (SSSR count). The van der Waals surface area contributed by atoms with Crippen molar-refractivity contribution in [2.45, 2.75) is 46.6 Å². The van der Waals surface area contributed by atoms with Gasteiger partial charge in [-0.1, -0.05) is 13.8 Å². The third-order valence-electron chi connectivity index (χ3n) is 4.63. The van der Waals surface area contributed by atoms with Crippen LogP contribution in [-0.4, -0.2) is 44.1 Å². The topological polar surface area (TPSA) is 75.1 Å². The van der Waals surface area contributed by atoms with Crippen molar-refractivity contribution in [2.24, 2.45) is 16.8 Å². The Hall–Kier alpha value is -1.13. The summed E-state index contributed by atoms with van der Waals surface area (Å²) in [6, 6.07) is 2.99. The van der Waals surface area contributed by atoms with Crippen LogP contribution >= 0.6 is 24.0 Å². The summed E-state index contributed by atoms with van der Waals surface area (Å²) in [5.74, 6) is 2.14. The first kappa shape index (κ1) is 25.9. The number of aliphatic hydroxyl groups excluding tert-OH is 1. The number of rotatable bonds is 10.